The maximum absolute atomic E-state index is 6.61. The lowest BCUT2D eigenvalue weighted by Gasteiger charge is -2.21. The van der Waals surface area contributed by atoms with Crippen molar-refractivity contribution in [2.45, 2.75) is 19.2 Å². The highest BCUT2D eigenvalue weighted by molar-refractivity contribution is 9.10. The van der Waals surface area contributed by atoms with Gasteiger partial charge in [0, 0.05) is 10.0 Å². The molecular formula is C15H14BrClO3. The Morgan fingerprint density at radius 3 is 2.30 bits per heavy atom. The second-order valence-corrected chi connectivity index (χ2v) is 6.04. The van der Waals surface area contributed by atoms with Gasteiger partial charge in [0.25, 0.3) is 0 Å². The molecular weight excluding hydrogens is 344 g/mol. The Bertz CT molecular complexity index is 651. The molecule has 0 spiro atoms. The molecule has 3 rings (SSSR count). The number of hydrogen-bond donors (Lipinski definition) is 0. The maximum Gasteiger partial charge on any atom is 0.162 e. The summed E-state index contributed by atoms with van der Waals surface area (Å²) < 4.78 is 17.6. The average Bonchev–Trinajstić information content (AvgIpc) is 2.76. The van der Waals surface area contributed by atoms with Gasteiger partial charge in [0.15, 0.2) is 11.5 Å². The van der Waals surface area contributed by atoms with Crippen molar-refractivity contribution >= 4 is 27.5 Å². The Kier molecular flexibility index (Phi) is 3.69. The Balaban J connectivity index is 2.03. The zero-order valence-corrected chi connectivity index (χ0v) is 13.5. The predicted octanol–water partition coefficient (Wildman–Crippen LogP) is 4.76. The van der Waals surface area contributed by atoms with Crippen molar-refractivity contribution in [3.63, 3.8) is 0 Å². The average molecular weight is 358 g/mol. The topological polar surface area (TPSA) is 31.6 Å². The molecule has 3 nitrogen and oxygen atoms in total. The number of alkyl halides is 1. The van der Waals surface area contributed by atoms with Gasteiger partial charge in [0.05, 0.1) is 5.38 Å². The fourth-order valence-corrected chi connectivity index (χ4v) is 3.42. The summed E-state index contributed by atoms with van der Waals surface area (Å²) in [6.07, 6.45) is 0. The summed E-state index contributed by atoms with van der Waals surface area (Å²) in [4.78, 5) is 0. The molecule has 0 N–H and O–H groups in total. The van der Waals surface area contributed by atoms with E-state index in [1.54, 1.807) is 0 Å². The third kappa shape index (κ3) is 2.42. The second kappa shape index (κ2) is 5.34. The highest BCUT2D eigenvalue weighted by Gasteiger charge is 2.22. The van der Waals surface area contributed by atoms with Crippen LogP contribution in [0, 0.1) is 13.8 Å². The van der Waals surface area contributed by atoms with Crippen LogP contribution in [0.3, 0.4) is 0 Å². The molecule has 5 heteroatoms. The van der Waals surface area contributed by atoms with Gasteiger partial charge in [-0.05, 0) is 37.6 Å². The monoisotopic (exact) mass is 356 g/mol. The van der Waals surface area contributed by atoms with E-state index >= 15 is 0 Å². The van der Waals surface area contributed by atoms with Gasteiger partial charge in [-0.2, -0.15) is 0 Å². The first kappa shape index (κ1) is 13.8. The molecule has 106 valence electrons. The lowest BCUT2D eigenvalue weighted by atomic mass is 10.0. The first-order valence-corrected chi connectivity index (χ1v) is 7.59. The van der Waals surface area contributed by atoms with Crippen LogP contribution in [0.25, 0.3) is 0 Å². The molecule has 0 radical (unpaired) electrons. The SMILES string of the molecule is Cc1cc(C(Cl)c2cc3c(cc2Br)OCCO3)c(C)o1. The number of halogens is 2. The lowest BCUT2D eigenvalue weighted by molar-refractivity contribution is 0.171. The van der Waals surface area contributed by atoms with Crippen molar-refractivity contribution in [1.29, 1.82) is 0 Å². The molecule has 1 unspecified atom stereocenters. The highest BCUT2D eigenvalue weighted by atomic mass is 79.9. The minimum absolute atomic E-state index is 0.294. The van der Waals surface area contributed by atoms with Crippen LogP contribution in [-0.2, 0) is 0 Å². The highest BCUT2D eigenvalue weighted by Crippen LogP contribution is 2.42. The van der Waals surface area contributed by atoms with E-state index in [9.17, 15) is 0 Å². The minimum Gasteiger partial charge on any atom is -0.486 e. The van der Waals surface area contributed by atoms with E-state index in [-0.39, 0.29) is 5.38 Å². The Morgan fingerprint density at radius 2 is 1.70 bits per heavy atom. The third-order valence-corrected chi connectivity index (χ3v) is 4.44. The molecule has 1 aromatic heterocycles. The van der Waals surface area contributed by atoms with Gasteiger partial charge in [-0.1, -0.05) is 15.9 Å². The smallest absolute Gasteiger partial charge is 0.162 e. The first-order valence-electron chi connectivity index (χ1n) is 6.36. The van der Waals surface area contributed by atoms with Gasteiger partial charge in [-0.25, -0.2) is 0 Å². The van der Waals surface area contributed by atoms with E-state index in [0.29, 0.717) is 13.2 Å². The fourth-order valence-electron chi connectivity index (χ4n) is 2.34. The van der Waals surface area contributed by atoms with Crippen molar-refractivity contribution in [2.24, 2.45) is 0 Å². The van der Waals surface area contributed by atoms with Crippen LogP contribution >= 0.6 is 27.5 Å². The van der Waals surface area contributed by atoms with E-state index in [4.69, 9.17) is 25.5 Å². The Hall–Kier alpha value is -1.13. The van der Waals surface area contributed by atoms with E-state index in [0.717, 1.165) is 38.6 Å². The normalized spacial score (nSPS) is 15.2. The van der Waals surface area contributed by atoms with Crippen LogP contribution in [0.1, 0.15) is 28.0 Å². The van der Waals surface area contributed by atoms with E-state index < -0.39 is 0 Å². The summed E-state index contributed by atoms with van der Waals surface area (Å²) in [6.45, 7) is 4.97. The summed E-state index contributed by atoms with van der Waals surface area (Å²) in [5.74, 6) is 3.18. The number of furan rings is 1. The Morgan fingerprint density at radius 1 is 1.05 bits per heavy atom. The van der Waals surface area contributed by atoms with Gasteiger partial charge < -0.3 is 13.9 Å². The molecule has 0 bridgehead atoms. The van der Waals surface area contributed by atoms with Crippen LogP contribution in [0.2, 0.25) is 0 Å². The zero-order valence-electron chi connectivity index (χ0n) is 11.2. The number of hydrogen-bond acceptors (Lipinski definition) is 3. The van der Waals surface area contributed by atoms with Gasteiger partial charge in [0.1, 0.15) is 24.7 Å². The molecule has 0 fully saturated rings. The van der Waals surface area contributed by atoms with Gasteiger partial charge in [-0.3, -0.25) is 0 Å². The third-order valence-electron chi connectivity index (χ3n) is 3.29. The molecule has 0 saturated heterocycles. The number of ether oxygens (including phenoxy) is 2. The summed E-state index contributed by atoms with van der Waals surface area (Å²) in [5, 5.41) is -0.294. The molecule has 1 atom stereocenters. The fraction of sp³-hybridized carbons (Fsp3) is 0.333. The number of benzene rings is 1. The van der Waals surface area contributed by atoms with Gasteiger partial charge in [-0.15, -0.1) is 11.6 Å². The van der Waals surface area contributed by atoms with E-state index in [1.165, 1.54) is 0 Å². The van der Waals surface area contributed by atoms with E-state index in [2.05, 4.69) is 15.9 Å². The molecule has 2 aromatic rings. The maximum atomic E-state index is 6.61. The van der Waals surface area contributed by atoms with Crippen molar-refractivity contribution in [2.75, 3.05) is 13.2 Å². The van der Waals surface area contributed by atoms with Crippen molar-refractivity contribution in [3.8, 4) is 11.5 Å². The van der Waals surface area contributed by atoms with Crippen molar-refractivity contribution < 1.29 is 13.9 Å². The molecule has 1 aliphatic rings. The summed E-state index contributed by atoms with van der Waals surface area (Å²) in [6, 6.07) is 5.80. The summed E-state index contributed by atoms with van der Waals surface area (Å²) in [5.41, 5.74) is 1.92. The number of rotatable bonds is 2. The van der Waals surface area contributed by atoms with Crippen LogP contribution in [0.15, 0.2) is 27.1 Å². The predicted molar refractivity (Wildman–Crippen MR) is 81.0 cm³/mol. The summed E-state index contributed by atoms with van der Waals surface area (Å²) in [7, 11) is 0. The van der Waals surface area contributed by atoms with Crippen LogP contribution in [-0.4, -0.2) is 13.2 Å². The zero-order chi connectivity index (χ0) is 14.3. The number of fused-ring (bicyclic) bond motifs is 1. The van der Waals surface area contributed by atoms with Crippen LogP contribution in [0.5, 0.6) is 11.5 Å². The van der Waals surface area contributed by atoms with E-state index in [1.807, 2.05) is 32.0 Å². The van der Waals surface area contributed by atoms with Crippen molar-refractivity contribution in [3.05, 3.63) is 45.3 Å². The van der Waals surface area contributed by atoms with Crippen LogP contribution < -0.4 is 9.47 Å². The molecule has 1 aliphatic heterocycles. The van der Waals surface area contributed by atoms with Crippen LogP contribution in [0.4, 0.5) is 0 Å². The second-order valence-electron chi connectivity index (χ2n) is 4.75. The van der Waals surface area contributed by atoms with Gasteiger partial charge in [0.2, 0.25) is 0 Å². The standard InChI is InChI=1S/C15H14BrClO3/c1-8-5-10(9(2)20-8)15(17)11-6-13-14(7-12(11)16)19-4-3-18-13/h5-7,15H,3-4H2,1-2H3. The molecule has 0 amide bonds. The molecule has 2 heterocycles. The molecule has 20 heavy (non-hydrogen) atoms. The largest absolute Gasteiger partial charge is 0.486 e. The summed E-state index contributed by atoms with van der Waals surface area (Å²) >= 11 is 10.2. The number of aryl methyl sites for hydroxylation is 2. The first-order chi connectivity index (χ1) is 9.56. The molecule has 1 aromatic carbocycles. The quantitative estimate of drug-likeness (QED) is 0.726. The van der Waals surface area contributed by atoms with Crippen molar-refractivity contribution in [1.82, 2.24) is 0 Å². The lowest BCUT2D eigenvalue weighted by Crippen LogP contribution is -2.15. The molecule has 0 saturated carbocycles. The van der Waals surface area contributed by atoms with Gasteiger partial charge >= 0.3 is 0 Å². The molecule has 0 aliphatic carbocycles. The minimum atomic E-state index is -0.294. The Labute approximate surface area is 130 Å².